The van der Waals surface area contributed by atoms with Crippen LogP contribution < -0.4 is 10.1 Å². The number of hydrogen-bond acceptors (Lipinski definition) is 6. The summed E-state index contributed by atoms with van der Waals surface area (Å²) in [6.07, 6.45) is 0.327. The van der Waals surface area contributed by atoms with Crippen LogP contribution >= 0.6 is 23.4 Å². The number of carbonyl (C=O) groups excluding carboxylic acids is 1. The van der Waals surface area contributed by atoms with E-state index in [2.05, 4.69) is 15.5 Å². The number of nitrogens with one attached hydrogen (secondary N) is 1. The number of anilines is 1. The van der Waals surface area contributed by atoms with E-state index in [-0.39, 0.29) is 5.91 Å². The Kier molecular flexibility index (Phi) is 6.73. The highest BCUT2D eigenvalue weighted by Gasteiger charge is 2.10. The maximum atomic E-state index is 12.0. The highest BCUT2D eigenvalue weighted by atomic mass is 35.5. The Morgan fingerprint density at radius 1 is 1.15 bits per heavy atom. The van der Waals surface area contributed by atoms with Gasteiger partial charge in [-0.1, -0.05) is 23.4 Å². The molecule has 0 unspecified atom stereocenters. The number of ether oxygens (including phenoxy) is 1. The van der Waals surface area contributed by atoms with Gasteiger partial charge in [0, 0.05) is 28.4 Å². The Labute approximate surface area is 166 Å². The molecular formula is C19H18ClN3O3S. The highest BCUT2D eigenvalue weighted by molar-refractivity contribution is 7.99. The number of carbonyl (C=O) groups is 1. The van der Waals surface area contributed by atoms with Crippen LogP contribution in [0.2, 0.25) is 5.02 Å². The molecule has 1 N–H and O–H groups in total. The van der Waals surface area contributed by atoms with E-state index in [0.29, 0.717) is 40.6 Å². The minimum absolute atomic E-state index is 0.0870. The van der Waals surface area contributed by atoms with Crippen LogP contribution in [0.15, 0.2) is 58.2 Å². The fourth-order valence-electron chi connectivity index (χ4n) is 2.23. The van der Waals surface area contributed by atoms with Crippen molar-refractivity contribution in [1.29, 1.82) is 0 Å². The van der Waals surface area contributed by atoms with Crippen LogP contribution in [0.25, 0.3) is 11.5 Å². The summed E-state index contributed by atoms with van der Waals surface area (Å²) in [7, 11) is 0. The Morgan fingerprint density at radius 3 is 2.59 bits per heavy atom. The van der Waals surface area contributed by atoms with Crippen LogP contribution in [0.5, 0.6) is 5.75 Å². The summed E-state index contributed by atoms with van der Waals surface area (Å²) in [5, 5.41) is 11.9. The first-order chi connectivity index (χ1) is 13.1. The van der Waals surface area contributed by atoms with Gasteiger partial charge >= 0.3 is 0 Å². The van der Waals surface area contributed by atoms with Crippen LogP contribution in [0.1, 0.15) is 13.3 Å². The number of hydrogen-bond donors (Lipinski definition) is 1. The number of rotatable bonds is 8. The van der Waals surface area contributed by atoms with E-state index in [4.69, 9.17) is 20.8 Å². The van der Waals surface area contributed by atoms with Crippen LogP contribution in [-0.4, -0.2) is 28.5 Å². The third-order valence-corrected chi connectivity index (χ3v) is 4.57. The highest BCUT2D eigenvalue weighted by Crippen LogP contribution is 2.25. The van der Waals surface area contributed by atoms with Gasteiger partial charge in [0.1, 0.15) is 5.75 Å². The molecule has 27 heavy (non-hydrogen) atoms. The number of aromatic nitrogens is 2. The van der Waals surface area contributed by atoms with Gasteiger partial charge in [-0.2, -0.15) is 0 Å². The van der Waals surface area contributed by atoms with Crippen molar-refractivity contribution < 1.29 is 13.9 Å². The quantitative estimate of drug-likeness (QED) is 0.538. The fraction of sp³-hybridized carbons (Fsp3) is 0.211. The normalized spacial score (nSPS) is 10.6. The van der Waals surface area contributed by atoms with Crippen molar-refractivity contribution in [2.75, 3.05) is 17.7 Å². The van der Waals surface area contributed by atoms with Gasteiger partial charge in [-0.15, -0.1) is 10.2 Å². The number of nitrogens with zero attached hydrogens (tertiary/aromatic N) is 2. The summed E-state index contributed by atoms with van der Waals surface area (Å²) in [5.41, 5.74) is 1.53. The zero-order valence-electron chi connectivity index (χ0n) is 14.6. The van der Waals surface area contributed by atoms with Crippen LogP contribution in [0, 0.1) is 0 Å². The van der Waals surface area contributed by atoms with E-state index in [1.807, 2.05) is 31.2 Å². The molecule has 0 radical (unpaired) electrons. The Bertz CT molecular complexity index is 882. The zero-order valence-corrected chi connectivity index (χ0v) is 16.2. The summed E-state index contributed by atoms with van der Waals surface area (Å²) in [4.78, 5) is 12.0. The molecule has 0 bridgehead atoms. The van der Waals surface area contributed by atoms with Crippen molar-refractivity contribution >= 4 is 35.0 Å². The third kappa shape index (κ3) is 5.74. The lowest BCUT2D eigenvalue weighted by molar-refractivity contribution is -0.115. The second-order valence-electron chi connectivity index (χ2n) is 5.48. The zero-order chi connectivity index (χ0) is 19.1. The maximum absolute atomic E-state index is 12.0. The third-order valence-electron chi connectivity index (χ3n) is 3.50. The predicted molar refractivity (Wildman–Crippen MR) is 106 cm³/mol. The van der Waals surface area contributed by atoms with Crippen molar-refractivity contribution in [3.8, 4) is 17.2 Å². The lowest BCUT2D eigenvalue weighted by Gasteiger charge is -2.04. The van der Waals surface area contributed by atoms with E-state index < -0.39 is 0 Å². The topological polar surface area (TPSA) is 77.2 Å². The first-order valence-electron chi connectivity index (χ1n) is 8.39. The second kappa shape index (κ2) is 9.43. The molecule has 1 amide bonds. The van der Waals surface area contributed by atoms with Crippen molar-refractivity contribution in [1.82, 2.24) is 10.2 Å². The monoisotopic (exact) mass is 403 g/mol. The van der Waals surface area contributed by atoms with E-state index in [0.717, 1.165) is 11.3 Å². The Balaban J connectivity index is 1.47. The van der Waals surface area contributed by atoms with Crippen LogP contribution in [0.3, 0.4) is 0 Å². The van der Waals surface area contributed by atoms with E-state index in [1.54, 1.807) is 24.3 Å². The van der Waals surface area contributed by atoms with Crippen LogP contribution in [-0.2, 0) is 4.79 Å². The van der Waals surface area contributed by atoms with Gasteiger partial charge in [0.25, 0.3) is 5.22 Å². The SMILES string of the molecule is CCOc1ccc(-c2nnc(SCCC(=O)Nc3ccc(Cl)cc3)o2)cc1. The van der Waals surface area contributed by atoms with Gasteiger partial charge in [-0.3, -0.25) is 4.79 Å². The molecule has 140 valence electrons. The molecule has 3 rings (SSSR count). The number of halogens is 1. The molecule has 0 saturated carbocycles. The average Bonchev–Trinajstić information content (AvgIpc) is 3.13. The smallest absolute Gasteiger partial charge is 0.276 e. The Hall–Kier alpha value is -2.51. The van der Waals surface area contributed by atoms with Crippen molar-refractivity contribution in [3.05, 3.63) is 53.6 Å². The molecule has 0 aliphatic carbocycles. The molecule has 3 aromatic rings. The summed E-state index contributed by atoms with van der Waals surface area (Å²) in [6.45, 7) is 2.55. The van der Waals surface area contributed by atoms with Gasteiger partial charge in [0.15, 0.2) is 0 Å². The minimum Gasteiger partial charge on any atom is -0.494 e. The molecule has 0 aliphatic heterocycles. The van der Waals surface area contributed by atoms with Gasteiger partial charge in [-0.05, 0) is 55.5 Å². The van der Waals surface area contributed by atoms with E-state index in [1.165, 1.54) is 11.8 Å². The molecule has 0 atom stereocenters. The first kappa shape index (κ1) is 19.3. The van der Waals surface area contributed by atoms with Crippen molar-refractivity contribution in [2.45, 2.75) is 18.6 Å². The van der Waals surface area contributed by atoms with Crippen LogP contribution in [0.4, 0.5) is 5.69 Å². The molecule has 8 heteroatoms. The molecule has 0 aliphatic rings. The van der Waals surface area contributed by atoms with Gasteiger partial charge in [0.05, 0.1) is 6.61 Å². The average molecular weight is 404 g/mol. The number of benzene rings is 2. The summed E-state index contributed by atoms with van der Waals surface area (Å²) >= 11 is 7.16. The molecule has 1 heterocycles. The lowest BCUT2D eigenvalue weighted by Crippen LogP contribution is -2.11. The summed E-state index contributed by atoms with van der Waals surface area (Å²) in [6, 6.07) is 14.4. The number of amides is 1. The fourth-order valence-corrected chi connectivity index (χ4v) is 3.06. The maximum Gasteiger partial charge on any atom is 0.276 e. The molecule has 1 aromatic heterocycles. The Morgan fingerprint density at radius 2 is 1.89 bits per heavy atom. The molecule has 6 nitrogen and oxygen atoms in total. The summed E-state index contributed by atoms with van der Waals surface area (Å²) in [5.74, 6) is 1.67. The van der Waals surface area contributed by atoms with Crippen molar-refractivity contribution in [2.24, 2.45) is 0 Å². The molecule has 0 saturated heterocycles. The van der Waals surface area contributed by atoms with Crippen molar-refractivity contribution in [3.63, 3.8) is 0 Å². The standard InChI is InChI=1S/C19H18ClN3O3S/c1-2-25-16-9-3-13(4-10-16)18-22-23-19(26-18)27-12-11-17(24)21-15-7-5-14(20)6-8-15/h3-10H,2,11-12H2,1H3,(H,21,24). The first-order valence-corrected chi connectivity index (χ1v) is 9.75. The number of thioether (sulfide) groups is 1. The van der Waals surface area contributed by atoms with E-state index in [9.17, 15) is 4.79 Å². The summed E-state index contributed by atoms with van der Waals surface area (Å²) < 4.78 is 11.0. The molecule has 0 spiro atoms. The second-order valence-corrected chi connectivity index (χ2v) is 6.97. The minimum atomic E-state index is -0.0870. The lowest BCUT2D eigenvalue weighted by atomic mass is 10.2. The van der Waals surface area contributed by atoms with Gasteiger partial charge in [-0.25, -0.2) is 0 Å². The molecule has 0 fully saturated rings. The largest absolute Gasteiger partial charge is 0.494 e. The van der Waals surface area contributed by atoms with Gasteiger partial charge in [0.2, 0.25) is 11.8 Å². The van der Waals surface area contributed by atoms with Gasteiger partial charge < -0.3 is 14.5 Å². The van der Waals surface area contributed by atoms with E-state index >= 15 is 0 Å². The predicted octanol–water partition coefficient (Wildman–Crippen LogP) is 4.91. The molecular weight excluding hydrogens is 386 g/mol. The molecule has 2 aromatic carbocycles.